The number of imide groups is 1. The van der Waals surface area contributed by atoms with E-state index < -0.39 is 41.9 Å². The third-order valence-corrected chi connectivity index (χ3v) is 3.18. The predicted octanol–water partition coefficient (Wildman–Crippen LogP) is -0.369. The maximum atomic E-state index is 12.0. The zero-order valence-electron chi connectivity index (χ0n) is 12.9. The topological polar surface area (TPSA) is 105 Å². The molecule has 1 saturated heterocycles. The lowest BCUT2D eigenvalue weighted by molar-refractivity contribution is -0.146. The number of hydrogen-bond donors (Lipinski definition) is 2. The minimum Gasteiger partial charge on any atom is -0.467 e. The van der Waals surface area contributed by atoms with Gasteiger partial charge in [-0.15, -0.1) is 0 Å². The summed E-state index contributed by atoms with van der Waals surface area (Å²) >= 11 is 0. The molecule has 1 fully saturated rings. The molecule has 0 aromatic rings. The summed E-state index contributed by atoms with van der Waals surface area (Å²) in [5, 5.41) is 4.95. The molecule has 21 heavy (non-hydrogen) atoms. The number of nitrogens with zero attached hydrogens (tertiary/aromatic N) is 1. The van der Waals surface area contributed by atoms with Crippen LogP contribution in [0.4, 0.5) is 4.79 Å². The van der Waals surface area contributed by atoms with Crippen LogP contribution in [0.3, 0.4) is 0 Å². The fraction of sp³-hybridized carbons (Fsp3) is 0.692. The summed E-state index contributed by atoms with van der Waals surface area (Å²) in [6, 6.07) is -1.45. The van der Waals surface area contributed by atoms with Gasteiger partial charge in [-0.25, -0.2) is 9.59 Å². The molecule has 1 rings (SSSR count). The minimum atomic E-state index is -1.03. The van der Waals surface area contributed by atoms with Gasteiger partial charge in [0.25, 0.3) is 5.91 Å². The van der Waals surface area contributed by atoms with Crippen LogP contribution in [0.1, 0.15) is 27.7 Å². The summed E-state index contributed by atoms with van der Waals surface area (Å²) < 4.78 is 4.61. The van der Waals surface area contributed by atoms with E-state index in [0.29, 0.717) is 0 Å². The lowest BCUT2D eigenvalue weighted by atomic mass is 10.0. The number of amides is 4. The van der Waals surface area contributed by atoms with Crippen molar-refractivity contribution in [3.63, 3.8) is 0 Å². The zero-order chi connectivity index (χ0) is 16.4. The maximum Gasteiger partial charge on any atom is 0.328 e. The Labute approximate surface area is 123 Å². The molecule has 0 bridgehead atoms. The van der Waals surface area contributed by atoms with E-state index >= 15 is 0 Å². The minimum absolute atomic E-state index is 0.180. The van der Waals surface area contributed by atoms with Crippen molar-refractivity contribution >= 4 is 23.8 Å². The number of methoxy groups -OCH3 is 1. The Kier molecular flexibility index (Phi) is 4.93. The van der Waals surface area contributed by atoms with Crippen LogP contribution in [0.5, 0.6) is 0 Å². The molecule has 0 aromatic heterocycles. The Balaban J connectivity index is 2.71. The second-order valence-corrected chi connectivity index (χ2v) is 5.76. The summed E-state index contributed by atoms with van der Waals surface area (Å²) in [5.41, 5.74) is -1.03. The Morgan fingerprint density at radius 1 is 1.33 bits per heavy atom. The molecule has 1 atom stereocenters. The summed E-state index contributed by atoms with van der Waals surface area (Å²) in [6.45, 7) is 6.17. The average Bonchev–Trinajstić information content (AvgIpc) is 2.57. The number of rotatable bonds is 5. The SMILES string of the molecule is COC(=O)C(NC(=O)CN1C(=O)NC(C)(C)C1=O)C(C)C. The number of hydrogen-bond acceptors (Lipinski definition) is 5. The number of carbonyl (C=O) groups excluding carboxylic acids is 4. The highest BCUT2D eigenvalue weighted by Gasteiger charge is 2.45. The highest BCUT2D eigenvalue weighted by atomic mass is 16.5. The third kappa shape index (κ3) is 3.71. The molecule has 118 valence electrons. The van der Waals surface area contributed by atoms with Crippen LogP contribution in [0.15, 0.2) is 0 Å². The number of nitrogens with one attached hydrogen (secondary N) is 2. The van der Waals surface area contributed by atoms with Crippen LogP contribution in [-0.4, -0.2) is 54.0 Å². The van der Waals surface area contributed by atoms with Crippen molar-refractivity contribution < 1.29 is 23.9 Å². The smallest absolute Gasteiger partial charge is 0.328 e. The molecule has 0 radical (unpaired) electrons. The van der Waals surface area contributed by atoms with Crippen molar-refractivity contribution in [3.8, 4) is 0 Å². The second kappa shape index (κ2) is 6.11. The molecule has 0 saturated carbocycles. The van der Waals surface area contributed by atoms with E-state index in [1.54, 1.807) is 27.7 Å². The van der Waals surface area contributed by atoms with E-state index in [4.69, 9.17) is 0 Å². The summed E-state index contributed by atoms with van der Waals surface area (Å²) in [7, 11) is 1.23. The van der Waals surface area contributed by atoms with Gasteiger partial charge < -0.3 is 15.4 Å². The first-order valence-corrected chi connectivity index (χ1v) is 6.61. The van der Waals surface area contributed by atoms with Crippen molar-refractivity contribution in [3.05, 3.63) is 0 Å². The fourth-order valence-electron chi connectivity index (χ4n) is 1.95. The molecule has 1 aliphatic rings. The van der Waals surface area contributed by atoms with E-state index in [1.165, 1.54) is 7.11 Å². The number of ether oxygens (including phenoxy) is 1. The van der Waals surface area contributed by atoms with Gasteiger partial charge in [-0.05, 0) is 19.8 Å². The van der Waals surface area contributed by atoms with Gasteiger partial charge >= 0.3 is 12.0 Å². The van der Waals surface area contributed by atoms with Gasteiger partial charge in [-0.1, -0.05) is 13.8 Å². The maximum absolute atomic E-state index is 12.0. The van der Waals surface area contributed by atoms with Crippen LogP contribution >= 0.6 is 0 Å². The van der Waals surface area contributed by atoms with Crippen molar-refractivity contribution in [2.24, 2.45) is 5.92 Å². The summed E-state index contributed by atoms with van der Waals surface area (Å²) in [6.07, 6.45) is 0. The highest BCUT2D eigenvalue weighted by Crippen LogP contribution is 2.16. The fourth-order valence-corrected chi connectivity index (χ4v) is 1.95. The van der Waals surface area contributed by atoms with Gasteiger partial charge in [0.15, 0.2) is 0 Å². The van der Waals surface area contributed by atoms with Gasteiger partial charge in [0.1, 0.15) is 18.1 Å². The van der Waals surface area contributed by atoms with Crippen LogP contribution in [-0.2, 0) is 19.1 Å². The van der Waals surface area contributed by atoms with E-state index in [2.05, 4.69) is 15.4 Å². The molecule has 4 amide bonds. The van der Waals surface area contributed by atoms with Crippen molar-refractivity contribution in [1.82, 2.24) is 15.5 Å². The molecule has 0 aliphatic carbocycles. The van der Waals surface area contributed by atoms with Gasteiger partial charge in [-0.3, -0.25) is 14.5 Å². The molecular weight excluding hydrogens is 278 g/mol. The van der Waals surface area contributed by atoms with Crippen LogP contribution in [0.2, 0.25) is 0 Å². The first-order chi connectivity index (χ1) is 9.60. The van der Waals surface area contributed by atoms with E-state index in [9.17, 15) is 19.2 Å². The summed E-state index contributed by atoms with van der Waals surface area (Å²) in [5.74, 6) is -1.83. The molecule has 0 spiro atoms. The van der Waals surface area contributed by atoms with Gasteiger partial charge in [-0.2, -0.15) is 0 Å². The van der Waals surface area contributed by atoms with Crippen LogP contribution < -0.4 is 10.6 Å². The monoisotopic (exact) mass is 299 g/mol. The first-order valence-electron chi connectivity index (χ1n) is 6.61. The second-order valence-electron chi connectivity index (χ2n) is 5.76. The summed E-state index contributed by atoms with van der Waals surface area (Å²) in [4.78, 5) is 47.9. The van der Waals surface area contributed by atoms with Gasteiger partial charge in [0, 0.05) is 0 Å². The van der Waals surface area contributed by atoms with E-state index in [-0.39, 0.29) is 5.92 Å². The van der Waals surface area contributed by atoms with Crippen molar-refractivity contribution in [2.75, 3.05) is 13.7 Å². The quantitative estimate of drug-likeness (QED) is 0.532. The van der Waals surface area contributed by atoms with Gasteiger partial charge in [0.2, 0.25) is 5.91 Å². The van der Waals surface area contributed by atoms with Crippen molar-refractivity contribution in [1.29, 1.82) is 0 Å². The largest absolute Gasteiger partial charge is 0.467 e. The van der Waals surface area contributed by atoms with Crippen molar-refractivity contribution in [2.45, 2.75) is 39.3 Å². The third-order valence-electron chi connectivity index (χ3n) is 3.18. The lowest BCUT2D eigenvalue weighted by Crippen LogP contribution is -2.49. The highest BCUT2D eigenvalue weighted by molar-refractivity contribution is 6.08. The molecule has 0 aromatic carbocycles. The predicted molar refractivity (Wildman–Crippen MR) is 73.1 cm³/mol. The Bertz CT molecular complexity index is 472. The Morgan fingerprint density at radius 2 is 1.90 bits per heavy atom. The number of carbonyl (C=O) groups is 4. The lowest BCUT2D eigenvalue weighted by Gasteiger charge is -2.21. The molecule has 1 heterocycles. The van der Waals surface area contributed by atoms with Gasteiger partial charge in [0.05, 0.1) is 7.11 Å². The molecule has 8 heteroatoms. The zero-order valence-corrected chi connectivity index (χ0v) is 12.9. The molecule has 1 unspecified atom stereocenters. The van der Waals surface area contributed by atoms with E-state index in [1.807, 2.05) is 0 Å². The van der Waals surface area contributed by atoms with Crippen LogP contribution in [0, 0.1) is 5.92 Å². The number of urea groups is 1. The standard InChI is InChI=1S/C13H21N3O5/c1-7(2)9(10(18)21-5)14-8(17)6-16-11(19)13(3,4)15-12(16)20/h7,9H,6H2,1-5H3,(H,14,17)(H,15,20). The Morgan fingerprint density at radius 3 is 2.29 bits per heavy atom. The molecule has 2 N–H and O–H groups in total. The molecule has 1 aliphatic heterocycles. The van der Waals surface area contributed by atoms with Crippen LogP contribution in [0.25, 0.3) is 0 Å². The van der Waals surface area contributed by atoms with E-state index in [0.717, 1.165) is 4.90 Å². The first kappa shape index (κ1) is 16.9. The Hall–Kier alpha value is -2.12. The molecule has 8 nitrogen and oxygen atoms in total. The number of esters is 1. The molecular formula is C13H21N3O5. The normalized spacial score (nSPS) is 18.5. The average molecular weight is 299 g/mol.